The Balaban J connectivity index is 2.50. The first kappa shape index (κ1) is 13.8. The van der Waals surface area contributed by atoms with Gasteiger partial charge in [-0.2, -0.15) is 0 Å². The van der Waals surface area contributed by atoms with Crippen molar-refractivity contribution in [2.45, 2.75) is 39.7 Å². The lowest BCUT2D eigenvalue weighted by atomic mass is 10.1. The highest BCUT2D eigenvalue weighted by Gasteiger charge is 2.08. The van der Waals surface area contributed by atoms with Crippen molar-refractivity contribution < 1.29 is 9.18 Å². The maximum atomic E-state index is 13.0. The zero-order valence-electron chi connectivity index (χ0n) is 10.7. The van der Waals surface area contributed by atoms with Crippen LogP contribution in [0.15, 0.2) is 18.2 Å². The Morgan fingerprint density at radius 1 is 1.47 bits per heavy atom. The van der Waals surface area contributed by atoms with Crippen LogP contribution >= 0.6 is 0 Å². The van der Waals surface area contributed by atoms with E-state index in [-0.39, 0.29) is 11.6 Å². The molecule has 0 amide bonds. The van der Waals surface area contributed by atoms with Crippen LogP contribution < -0.4 is 5.32 Å². The highest BCUT2D eigenvalue weighted by molar-refractivity contribution is 5.96. The molecule has 94 valence electrons. The molecule has 3 heteroatoms. The number of ketones is 1. The topological polar surface area (TPSA) is 29.1 Å². The Morgan fingerprint density at radius 2 is 2.18 bits per heavy atom. The van der Waals surface area contributed by atoms with Crippen molar-refractivity contribution in [1.29, 1.82) is 0 Å². The van der Waals surface area contributed by atoms with E-state index in [0.29, 0.717) is 30.1 Å². The standard InChI is InChI=1S/C14H20FNO/c1-4-11(3)16-8-7-14(17)12-5-6-13(15)10(2)9-12/h5-6,9,11,16H,4,7-8H2,1-3H3. The van der Waals surface area contributed by atoms with Crippen LogP contribution in [0.5, 0.6) is 0 Å². The smallest absolute Gasteiger partial charge is 0.164 e. The summed E-state index contributed by atoms with van der Waals surface area (Å²) in [7, 11) is 0. The molecule has 0 aliphatic rings. The van der Waals surface area contributed by atoms with Crippen LogP contribution in [0.25, 0.3) is 0 Å². The molecule has 17 heavy (non-hydrogen) atoms. The lowest BCUT2D eigenvalue weighted by molar-refractivity contribution is 0.0981. The van der Waals surface area contributed by atoms with E-state index in [0.717, 1.165) is 6.42 Å². The highest BCUT2D eigenvalue weighted by atomic mass is 19.1. The van der Waals surface area contributed by atoms with Crippen LogP contribution in [-0.2, 0) is 0 Å². The average Bonchev–Trinajstić information content (AvgIpc) is 2.32. The Hall–Kier alpha value is -1.22. The Labute approximate surface area is 102 Å². The summed E-state index contributed by atoms with van der Waals surface area (Å²) < 4.78 is 13.0. The molecule has 0 fully saturated rings. The van der Waals surface area contributed by atoms with Gasteiger partial charge < -0.3 is 5.32 Å². The van der Waals surface area contributed by atoms with Gasteiger partial charge in [0.15, 0.2) is 5.78 Å². The Bertz CT molecular complexity index is 390. The second-order valence-electron chi connectivity index (χ2n) is 4.40. The fourth-order valence-electron chi connectivity index (χ4n) is 1.54. The fraction of sp³-hybridized carbons (Fsp3) is 0.500. The number of aryl methyl sites for hydroxylation is 1. The highest BCUT2D eigenvalue weighted by Crippen LogP contribution is 2.10. The van der Waals surface area contributed by atoms with Crippen molar-refractivity contribution in [2.75, 3.05) is 6.54 Å². The maximum absolute atomic E-state index is 13.0. The van der Waals surface area contributed by atoms with Gasteiger partial charge in [0.25, 0.3) is 0 Å². The van der Waals surface area contributed by atoms with Crippen LogP contribution in [0.1, 0.15) is 42.6 Å². The molecule has 1 aromatic rings. The van der Waals surface area contributed by atoms with E-state index in [1.165, 1.54) is 6.07 Å². The van der Waals surface area contributed by atoms with Gasteiger partial charge in [-0.05, 0) is 44.0 Å². The molecule has 1 atom stereocenters. The minimum absolute atomic E-state index is 0.0592. The van der Waals surface area contributed by atoms with Crippen LogP contribution in [0.2, 0.25) is 0 Å². The molecular formula is C14H20FNO. The quantitative estimate of drug-likeness (QED) is 0.770. The molecule has 1 aromatic carbocycles. The van der Waals surface area contributed by atoms with Crippen LogP contribution in [0.3, 0.4) is 0 Å². The Morgan fingerprint density at radius 3 is 2.76 bits per heavy atom. The minimum atomic E-state index is -0.265. The molecule has 0 aliphatic carbocycles. The normalized spacial score (nSPS) is 12.5. The van der Waals surface area contributed by atoms with Crippen LogP contribution in [0.4, 0.5) is 4.39 Å². The molecule has 2 nitrogen and oxygen atoms in total. The molecular weight excluding hydrogens is 217 g/mol. The summed E-state index contributed by atoms with van der Waals surface area (Å²) in [5.41, 5.74) is 1.11. The van der Waals surface area contributed by atoms with Gasteiger partial charge in [-0.1, -0.05) is 6.92 Å². The molecule has 0 saturated carbocycles. The lowest BCUT2D eigenvalue weighted by Crippen LogP contribution is -2.27. The number of carbonyl (C=O) groups excluding carboxylic acids is 1. The summed E-state index contributed by atoms with van der Waals surface area (Å²) in [5.74, 6) is -0.205. The SMILES string of the molecule is CCC(C)NCCC(=O)c1ccc(F)c(C)c1. The van der Waals surface area contributed by atoms with Gasteiger partial charge in [0.2, 0.25) is 0 Å². The van der Waals surface area contributed by atoms with E-state index >= 15 is 0 Å². The zero-order valence-corrected chi connectivity index (χ0v) is 10.7. The predicted molar refractivity (Wildman–Crippen MR) is 67.8 cm³/mol. The molecule has 0 aromatic heterocycles. The number of hydrogen-bond donors (Lipinski definition) is 1. The van der Waals surface area contributed by atoms with Crippen molar-refractivity contribution in [3.05, 3.63) is 35.1 Å². The van der Waals surface area contributed by atoms with Crippen molar-refractivity contribution in [2.24, 2.45) is 0 Å². The summed E-state index contributed by atoms with van der Waals surface area (Å²) in [5, 5.41) is 3.26. The van der Waals surface area contributed by atoms with E-state index in [1.54, 1.807) is 19.1 Å². The van der Waals surface area contributed by atoms with Gasteiger partial charge in [-0.25, -0.2) is 4.39 Å². The number of nitrogens with one attached hydrogen (secondary N) is 1. The molecule has 1 unspecified atom stereocenters. The number of carbonyl (C=O) groups is 1. The first-order valence-electron chi connectivity index (χ1n) is 6.07. The first-order valence-corrected chi connectivity index (χ1v) is 6.07. The first-order chi connectivity index (χ1) is 8.04. The second kappa shape index (κ2) is 6.50. The Kier molecular flexibility index (Phi) is 5.29. The van der Waals surface area contributed by atoms with E-state index < -0.39 is 0 Å². The predicted octanol–water partition coefficient (Wildman–Crippen LogP) is 3.10. The molecule has 0 saturated heterocycles. The third kappa shape index (κ3) is 4.27. The van der Waals surface area contributed by atoms with Crippen molar-refractivity contribution in [3.8, 4) is 0 Å². The summed E-state index contributed by atoms with van der Waals surface area (Å²) in [4.78, 5) is 11.8. The largest absolute Gasteiger partial charge is 0.314 e. The van der Waals surface area contributed by atoms with Gasteiger partial charge in [0.05, 0.1) is 0 Å². The third-order valence-corrected chi connectivity index (χ3v) is 2.94. The maximum Gasteiger partial charge on any atom is 0.164 e. The van der Waals surface area contributed by atoms with Crippen LogP contribution in [0, 0.1) is 12.7 Å². The van der Waals surface area contributed by atoms with E-state index in [9.17, 15) is 9.18 Å². The minimum Gasteiger partial charge on any atom is -0.314 e. The average molecular weight is 237 g/mol. The van der Waals surface area contributed by atoms with Gasteiger partial charge in [0, 0.05) is 24.6 Å². The monoisotopic (exact) mass is 237 g/mol. The lowest BCUT2D eigenvalue weighted by Gasteiger charge is -2.10. The number of Topliss-reactive ketones (excluding diaryl/α,β-unsaturated/α-hetero) is 1. The number of benzene rings is 1. The molecule has 0 aliphatic heterocycles. The van der Waals surface area contributed by atoms with Gasteiger partial charge in [-0.15, -0.1) is 0 Å². The van der Waals surface area contributed by atoms with Gasteiger partial charge in [0.1, 0.15) is 5.82 Å². The zero-order chi connectivity index (χ0) is 12.8. The van der Waals surface area contributed by atoms with Crippen molar-refractivity contribution >= 4 is 5.78 Å². The van der Waals surface area contributed by atoms with Crippen LogP contribution in [-0.4, -0.2) is 18.4 Å². The van der Waals surface area contributed by atoms with Gasteiger partial charge >= 0.3 is 0 Å². The molecule has 0 heterocycles. The summed E-state index contributed by atoms with van der Waals surface area (Å²) in [6.45, 7) is 6.53. The molecule has 0 bridgehead atoms. The molecule has 0 spiro atoms. The molecule has 1 N–H and O–H groups in total. The number of rotatable bonds is 6. The number of hydrogen-bond acceptors (Lipinski definition) is 2. The van der Waals surface area contributed by atoms with Gasteiger partial charge in [-0.3, -0.25) is 4.79 Å². The summed E-state index contributed by atoms with van der Waals surface area (Å²) >= 11 is 0. The summed E-state index contributed by atoms with van der Waals surface area (Å²) in [6.07, 6.45) is 1.50. The number of halogens is 1. The molecule has 0 radical (unpaired) electrons. The van der Waals surface area contributed by atoms with Crippen molar-refractivity contribution in [3.63, 3.8) is 0 Å². The third-order valence-electron chi connectivity index (χ3n) is 2.94. The van der Waals surface area contributed by atoms with Crippen molar-refractivity contribution in [1.82, 2.24) is 5.32 Å². The fourth-order valence-corrected chi connectivity index (χ4v) is 1.54. The summed E-state index contributed by atoms with van der Waals surface area (Å²) in [6, 6.07) is 4.94. The van der Waals surface area contributed by atoms with E-state index in [4.69, 9.17) is 0 Å². The second-order valence-corrected chi connectivity index (χ2v) is 4.40. The van der Waals surface area contributed by atoms with E-state index in [1.807, 2.05) is 0 Å². The molecule has 1 rings (SSSR count). The van der Waals surface area contributed by atoms with E-state index in [2.05, 4.69) is 19.2 Å².